The van der Waals surface area contributed by atoms with Gasteiger partial charge in [-0.2, -0.15) is 0 Å². The number of nitrogens with zero attached hydrogens (tertiary/aromatic N) is 2. The van der Waals surface area contributed by atoms with Crippen LogP contribution in [0.4, 0.5) is 11.4 Å². The molecule has 0 saturated carbocycles. The molecule has 0 bridgehead atoms. The van der Waals surface area contributed by atoms with Gasteiger partial charge in [0.05, 0.1) is 0 Å². The minimum atomic E-state index is 0.0116. The van der Waals surface area contributed by atoms with Crippen LogP contribution in [-0.4, -0.2) is 47.4 Å². The smallest absolute Gasteiger partial charge is 0.254 e. The van der Waals surface area contributed by atoms with Gasteiger partial charge >= 0.3 is 0 Å². The summed E-state index contributed by atoms with van der Waals surface area (Å²) in [6.45, 7) is 9.87. The van der Waals surface area contributed by atoms with E-state index in [4.69, 9.17) is 11.5 Å². The van der Waals surface area contributed by atoms with Gasteiger partial charge in [0.15, 0.2) is 0 Å². The number of carbonyl (C=O) groups excluding carboxylic acids is 1. The van der Waals surface area contributed by atoms with Crippen molar-refractivity contribution in [2.45, 2.75) is 26.3 Å². The molecule has 110 valence electrons. The fourth-order valence-corrected chi connectivity index (χ4v) is 2.56. The Balaban J connectivity index is 2.05. The summed E-state index contributed by atoms with van der Waals surface area (Å²) in [5.74, 6) is 0.0116. The molecule has 5 heteroatoms. The van der Waals surface area contributed by atoms with E-state index in [-0.39, 0.29) is 11.4 Å². The van der Waals surface area contributed by atoms with E-state index in [1.54, 1.807) is 18.2 Å². The van der Waals surface area contributed by atoms with Crippen molar-refractivity contribution in [1.82, 2.24) is 9.80 Å². The second-order valence-electron chi connectivity index (χ2n) is 6.34. The second kappa shape index (κ2) is 5.32. The summed E-state index contributed by atoms with van der Waals surface area (Å²) in [5, 5.41) is 0. The van der Waals surface area contributed by atoms with Gasteiger partial charge in [0.1, 0.15) is 0 Å². The van der Waals surface area contributed by atoms with E-state index in [0.717, 1.165) is 26.2 Å². The molecule has 0 spiro atoms. The number of amides is 1. The van der Waals surface area contributed by atoms with Crippen molar-refractivity contribution in [3.63, 3.8) is 0 Å². The molecule has 0 atom stereocenters. The first kappa shape index (κ1) is 14.7. The van der Waals surface area contributed by atoms with Crippen LogP contribution in [0.5, 0.6) is 0 Å². The molecule has 1 heterocycles. The van der Waals surface area contributed by atoms with Crippen LogP contribution in [0.3, 0.4) is 0 Å². The maximum atomic E-state index is 12.5. The van der Waals surface area contributed by atoms with Crippen LogP contribution >= 0.6 is 0 Å². The Morgan fingerprint density at radius 3 is 1.95 bits per heavy atom. The van der Waals surface area contributed by atoms with Crippen molar-refractivity contribution in [2.24, 2.45) is 0 Å². The van der Waals surface area contributed by atoms with Crippen LogP contribution in [0.25, 0.3) is 0 Å². The highest BCUT2D eigenvalue weighted by Crippen LogP contribution is 2.19. The Hall–Kier alpha value is -1.75. The summed E-state index contributed by atoms with van der Waals surface area (Å²) < 4.78 is 0. The lowest BCUT2D eigenvalue weighted by molar-refractivity contribution is 0.0451. The largest absolute Gasteiger partial charge is 0.399 e. The molecule has 1 aromatic carbocycles. The minimum absolute atomic E-state index is 0.0116. The zero-order valence-electron chi connectivity index (χ0n) is 12.5. The Labute approximate surface area is 120 Å². The number of carbonyl (C=O) groups is 1. The maximum Gasteiger partial charge on any atom is 0.254 e. The third kappa shape index (κ3) is 3.22. The number of hydrogen-bond acceptors (Lipinski definition) is 4. The molecular formula is C15H24N4O. The third-order valence-electron chi connectivity index (χ3n) is 3.74. The maximum absolute atomic E-state index is 12.5. The number of anilines is 2. The van der Waals surface area contributed by atoms with E-state index in [1.165, 1.54) is 0 Å². The Bertz CT molecular complexity index is 479. The number of hydrogen-bond donors (Lipinski definition) is 2. The van der Waals surface area contributed by atoms with Crippen LogP contribution in [0, 0.1) is 0 Å². The molecular weight excluding hydrogens is 252 g/mol. The zero-order valence-corrected chi connectivity index (χ0v) is 12.5. The topological polar surface area (TPSA) is 75.6 Å². The van der Waals surface area contributed by atoms with Gasteiger partial charge in [-0.15, -0.1) is 0 Å². The minimum Gasteiger partial charge on any atom is -0.399 e. The van der Waals surface area contributed by atoms with Crippen molar-refractivity contribution in [2.75, 3.05) is 37.6 Å². The molecule has 1 amide bonds. The molecule has 0 aromatic heterocycles. The highest BCUT2D eigenvalue weighted by Gasteiger charge is 2.28. The van der Waals surface area contributed by atoms with Crippen molar-refractivity contribution in [3.8, 4) is 0 Å². The van der Waals surface area contributed by atoms with Gasteiger partial charge < -0.3 is 16.4 Å². The molecule has 1 aliphatic heterocycles. The van der Waals surface area contributed by atoms with E-state index < -0.39 is 0 Å². The Morgan fingerprint density at radius 1 is 1.00 bits per heavy atom. The quantitative estimate of drug-likeness (QED) is 0.760. The second-order valence-corrected chi connectivity index (χ2v) is 6.34. The van der Waals surface area contributed by atoms with Crippen molar-refractivity contribution in [1.29, 1.82) is 0 Å². The third-order valence-corrected chi connectivity index (χ3v) is 3.74. The van der Waals surface area contributed by atoms with Gasteiger partial charge in [-0.3, -0.25) is 9.69 Å². The summed E-state index contributed by atoms with van der Waals surface area (Å²) in [5.41, 5.74) is 13.3. The molecule has 0 radical (unpaired) electrons. The van der Waals surface area contributed by atoms with Gasteiger partial charge in [0.25, 0.3) is 5.91 Å². The van der Waals surface area contributed by atoms with Crippen LogP contribution in [0.1, 0.15) is 31.1 Å². The molecule has 1 aromatic rings. The zero-order chi connectivity index (χ0) is 14.9. The predicted octanol–water partition coefficient (Wildman–Crippen LogP) is 1.41. The summed E-state index contributed by atoms with van der Waals surface area (Å²) in [7, 11) is 0. The lowest BCUT2D eigenvalue weighted by Gasteiger charge is -2.42. The van der Waals surface area contributed by atoms with E-state index in [1.807, 2.05) is 4.90 Å². The highest BCUT2D eigenvalue weighted by atomic mass is 16.2. The lowest BCUT2D eigenvalue weighted by Crippen LogP contribution is -2.54. The molecule has 0 aliphatic carbocycles. The fourth-order valence-electron chi connectivity index (χ4n) is 2.56. The van der Waals surface area contributed by atoms with Crippen LogP contribution in [0.15, 0.2) is 18.2 Å². The lowest BCUT2D eigenvalue weighted by atomic mass is 10.0. The molecule has 4 N–H and O–H groups in total. The van der Waals surface area contributed by atoms with E-state index in [9.17, 15) is 4.79 Å². The van der Waals surface area contributed by atoms with Crippen LogP contribution < -0.4 is 11.5 Å². The molecule has 20 heavy (non-hydrogen) atoms. The number of nitrogen functional groups attached to an aromatic ring is 2. The van der Waals surface area contributed by atoms with E-state index in [0.29, 0.717) is 16.9 Å². The summed E-state index contributed by atoms with van der Waals surface area (Å²) in [6.07, 6.45) is 0. The van der Waals surface area contributed by atoms with Gasteiger partial charge in [-0.05, 0) is 39.0 Å². The summed E-state index contributed by atoms with van der Waals surface area (Å²) in [6, 6.07) is 5.04. The predicted molar refractivity (Wildman–Crippen MR) is 82.5 cm³/mol. The molecule has 2 rings (SSSR count). The summed E-state index contributed by atoms with van der Waals surface area (Å²) in [4.78, 5) is 16.7. The van der Waals surface area contributed by atoms with E-state index in [2.05, 4.69) is 25.7 Å². The monoisotopic (exact) mass is 276 g/mol. The molecule has 1 fully saturated rings. The Kier molecular flexibility index (Phi) is 3.90. The molecule has 1 saturated heterocycles. The van der Waals surface area contributed by atoms with Crippen molar-refractivity contribution >= 4 is 17.3 Å². The number of rotatable bonds is 1. The summed E-state index contributed by atoms with van der Waals surface area (Å²) >= 11 is 0. The molecule has 0 unspecified atom stereocenters. The van der Waals surface area contributed by atoms with Crippen LogP contribution in [0.2, 0.25) is 0 Å². The molecule has 5 nitrogen and oxygen atoms in total. The normalized spacial score (nSPS) is 17.2. The van der Waals surface area contributed by atoms with Crippen molar-refractivity contribution < 1.29 is 4.79 Å². The number of piperazine rings is 1. The average molecular weight is 276 g/mol. The van der Waals surface area contributed by atoms with Crippen molar-refractivity contribution in [3.05, 3.63) is 23.8 Å². The number of nitrogens with two attached hydrogens (primary N) is 2. The van der Waals surface area contributed by atoms with Gasteiger partial charge in [0, 0.05) is 48.7 Å². The van der Waals surface area contributed by atoms with Gasteiger partial charge in [-0.1, -0.05) is 0 Å². The average Bonchev–Trinajstić information content (AvgIpc) is 2.36. The fraction of sp³-hybridized carbons (Fsp3) is 0.533. The Morgan fingerprint density at radius 2 is 1.50 bits per heavy atom. The van der Waals surface area contributed by atoms with E-state index >= 15 is 0 Å². The van der Waals surface area contributed by atoms with Gasteiger partial charge in [0.2, 0.25) is 0 Å². The first-order valence-electron chi connectivity index (χ1n) is 6.98. The standard InChI is InChI=1S/C15H24N4O/c1-15(2,3)19-6-4-18(5-7-19)14(20)11-8-12(16)10-13(17)9-11/h8-10H,4-7,16-17H2,1-3H3. The first-order chi connectivity index (χ1) is 9.27. The number of benzene rings is 1. The van der Waals surface area contributed by atoms with Gasteiger partial charge in [-0.25, -0.2) is 0 Å². The SMILES string of the molecule is CC(C)(C)N1CCN(C(=O)c2cc(N)cc(N)c2)CC1. The highest BCUT2D eigenvalue weighted by molar-refractivity contribution is 5.96. The molecule has 1 aliphatic rings. The first-order valence-corrected chi connectivity index (χ1v) is 6.98. The van der Waals surface area contributed by atoms with Crippen LogP contribution in [-0.2, 0) is 0 Å².